The van der Waals surface area contributed by atoms with Crippen LogP contribution in [0.3, 0.4) is 0 Å². The van der Waals surface area contributed by atoms with E-state index in [0.29, 0.717) is 5.75 Å². The zero-order valence-corrected chi connectivity index (χ0v) is 13.8. The quantitative estimate of drug-likeness (QED) is 0.832. The Bertz CT molecular complexity index is 783. The molecule has 0 aliphatic rings. The number of carbonyl (C=O) groups is 1. The van der Waals surface area contributed by atoms with Crippen LogP contribution < -0.4 is 10.1 Å². The monoisotopic (exact) mass is 339 g/mol. The van der Waals surface area contributed by atoms with Crippen molar-refractivity contribution in [2.75, 3.05) is 13.4 Å². The van der Waals surface area contributed by atoms with Crippen molar-refractivity contribution in [3.63, 3.8) is 0 Å². The Morgan fingerprint density at radius 1 is 1.30 bits per heavy atom. The molecule has 1 N–H and O–H groups in total. The predicted molar refractivity (Wildman–Crippen MR) is 80.7 cm³/mol. The molecule has 8 nitrogen and oxygen atoms in total. The molecule has 0 radical (unpaired) electrons. The summed E-state index contributed by atoms with van der Waals surface area (Å²) in [5.74, 6) is 0.497. The van der Waals surface area contributed by atoms with Gasteiger partial charge in [0.2, 0.25) is 21.6 Å². The minimum Gasteiger partial charge on any atom is -0.497 e. The number of rotatable bonds is 6. The zero-order chi connectivity index (χ0) is 17.0. The van der Waals surface area contributed by atoms with Gasteiger partial charge in [-0.25, -0.2) is 8.42 Å². The van der Waals surface area contributed by atoms with Crippen LogP contribution in [0.15, 0.2) is 33.9 Å². The second-order valence-electron chi connectivity index (χ2n) is 4.99. The van der Waals surface area contributed by atoms with Gasteiger partial charge in [-0.05, 0) is 24.6 Å². The second kappa shape index (κ2) is 6.78. The average molecular weight is 339 g/mol. The first kappa shape index (κ1) is 16.9. The number of benzene rings is 1. The lowest BCUT2D eigenvalue weighted by Gasteiger charge is -2.10. The Morgan fingerprint density at radius 3 is 2.48 bits per heavy atom. The fourth-order valence-electron chi connectivity index (χ4n) is 1.83. The number of nitrogens with one attached hydrogen (secondary N) is 1. The summed E-state index contributed by atoms with van der Waals surface area (Å²) in [5, 5.41) is 9.30. The van der Waals surface area contributed by atoms with Gasteiger partial charge in [-0.2, -0.15) is 0 Å². The van der Waals surface area contributed by atoms with Gasteiger partial charge in [0.15, 0.2) is 0 Å². The molecule has 1 aromatic carbocycles. The van der Waals surface area contributed by atoms with Crippen molar-refractivity contribution >= 4 is 15.7 Å². The molecule has 0 saturated heterocycles. The highest BCUT2D eigenvalue weighted by Gasteiger charge is 2.21. The summed E-state index contributed by atoms with van der Waals surface area (Å²) in [6, 6.07) is 6.52. The van der Waals surface area contributed by atoms with Gasteiger partial charge in [-0.15, -0.1) is 5.10 Å². The highest BCUT2D eigenvalue weighted by molar-refractivity contribution is 7.90. The van der Waals surface area contributed by atoms with Crippen molar-refractivity contribution < 1.29 is 22.4 Å². The van der Waals surface area contributed by atoms with Gasteiger partial charge < -0.3 is 14.5 Å². The van der Waals surface area contributed by atoms with E-state index >= 15 is 0 Å². The highest BCUT2D eigenvalue weighted by atomic mass is 32.2. The van der Waals surface area contributed by atoms with Crippen LogP contribution in [0.25, 0.3) is 0 Å². The largest absolute Gasteiger partial charge is 0.497 e. The second-order valence-corrected chi connectivity index (χ2v) is 6.89. The van der Waals surface area contributed by atoms with Crippen LogP contribution in [0.1, 0.15) is 24.4 Å². The Labute approximate surface area is 133 Å². The van der Waals surface area contributed by atoms with Gasteiger partial charge in [0, 0.05) is 6.26 Å². The lowest BCUT2D eigenvalue weighted by atomic mass is 10.1. The van der Waals surface area contributed by atoms with Gasteiger partial charge in [-0.1, -0.05) is 17.2 Å². The van der Waals surface area contributed by atoms with Crippen LogP contribution >= 0.6 is 0 Å². The van der Waals surface area contributed by atoms with Crippen molar-refractivity contribution in [1.82, 2.24) is 15.5 Å². The third-order valence-corrected chi connectivity index (χ3v) is 3.81. The van der Waals surface area contributed by atoms with Crippen molar-refractivity contribution in [1.29, 1.82) is 0 Å². The van der Waals surface area contributed by atoms with Crippen molar-refractivity contribution in [2.24, 2.45) is 0 Å². The van der Waals surface area contributed by atoms with E-state index in [4.69, 9.17) is 9.15 Å². The van der Waals surface area contributed by atoms with Gasteiger partial charge >= 0.3 is 5.22 Å². The van der Waals surface area contributed by atoms with E-state index in [1.807, 2.05) is 0 Å². The summed E-state index contributed by atoms with van der Waals surface area (Å²) in [5.41, 5.74) is 0.817. The minimum absolute atomic E-state index is 0.0357. The topological polar surface area (TPSA) is 111 Å². The van der Waals surface area contributed by atoms with Crippen LogP contribution in [0, 0.1) is 0 Å². The number of sulfone groups is 1. The number of nitrogens with zero attached hydrogens (tertiary/aromatic N) is 2. The number of amides is 1. The molecule has 0 aliphatic carbocycles. The van der Waals surface area contributed by atoms with E-state index in [1.165, 1.54) is 0 Å². The van der Waals surface area contributed by atoms with Crippen LogP contribution in [0.5, 0.6) is 5.75 Å². The molecule has 23 heavy (non-hydrogen) atoms. The molecule has 9 heteroatoms. The number of aromatic nitrogens is 2. The Hall–Kier alpha value is -2.42. The van der Waals surface area contributed by atoms with Gasteiger partial charge in [0.1, 0.15) is 11.8 Å². The third-order valence-electron chi connectivity index (χ3n) is 3.01. The molecule has 1 aromatic heterocycles. The average Bonchev–Trinajstić information content (AvgIpc) is 2.98. The minimum atomic E-state index is -3.56. The zero-order valence-electron chi connectivity index (χ0n) is 12.9. The van der Waals surface area contributed by atoms with Crippen LogP contribution in [0.2, 0.25) is 0 Å². The highest BCUT2D eigenvalue weighted by Crippen LogP contribution is 2.15. The summed E-state index contributed by atoms with van der Waals surface area (Å²) in [7, 11) is -2.00. The number of ether oxygens (including phenoxy) is 1. The van der Waals surface area contributed by atoms with Gasteiger partial charge in [0.05, 0.1) is 13.5 Å². The van der Waals surface area contributed by atoms with Crippen LogP contribution in [-0.2, 0) is 21.1 Å². The number of hydrogen-bond acceptors (Lipinski definition) is 7. The molecule has 0 fully saturated rings. The number of hydrogen-bond donors (Lipinski definition) is 1. The third kappa shape index (κ3) is 4.52. The van der Waals surface area contributed by atoms with Gasteiger partial charge in [0.25, 0.3) is 0 Å². The summed E-state index contributed by atoms with van der Waals surface area (Å²) >= 11 is 0. The molecule has 0 aliphatic heterocycles. The molecule has 124 valence electrons. The molecule has 1 atom stereocenters. The van der Waals surface area contributed by atoms with Crippen molar-refractivity contribution in [3.8, 4) is 5.75 Å². The van der Waals surface area contributed by atoms with Crippen molar-refractivity contribution in [3.05, 3.63) is 35.7 Å². The van der Waals surface area contributed by atoms with E-state index < -0.39 is 21.1 Å². The normalized spacial score (nSPS) is 12.7. The Kier molecular flexibility index (Phi) is 4.99. The van der Waals surface area contributed by atoms with Crippen LogP contribution in [-0.4, -0.2) is 37.9 Å². The molecular weight excluding hydrogens is 322 g/mol. The Balaban J connectivity index is 1.97. The molecule has 0 spiro atoms. The van der Waals surface area contributed by atoms with E-state index in [0.717, 1.165) is 11.8 Å². The summed E-state index contributed by atoms with van der Waals surface area (Å²) in [6.07, 6.45) is 1.14. The van der Waals surface area contributed by atoms with Crippen molar-refractivity contribution in [2.45, 2.75) is 24.6 Å². The lowest BCUT2D eigenvalue weighted by molar-refractivity contribution is -0.121. The first-order chi connectivity index (χ1) is 10.8. The lowest BCUT2D eigenvalue weighted by Crippen LogP contribution is -2.28. The molecule has 1 heterocycles. The molecule has 2 rings (SSSR count). The summed E-state index contributed by atoms with van der Waals surface area (Å²) in [6.45, 7) is 1.63. The molecule has 0 saturated carbocycles. The molecule has 1 amide bonds. The smallest absolute Gasteiger partial charge is 0.335 e. The van der Waals surface area contributed by atoms with E-state index in [-0.39, 0.29) is 18.2 Å². The summed E-state index contributed by atoms with van der Waals surface area (Å²) in [4.78, 5) is 12.0. The SMILES string of the molecule is COc1ccc(CC(=O)N[C@@H](C)c2nnc(S(C)(=O)=O)o2)cc1. The van der Waals surface area contributed by atoms with E-state index in [9.17, 15) is 13.2 Å². The fraction of sp³-hybridized carbons (Fsp3) is 0.357. The molecule has 2 aromatic rings. The number of carbonyl (C=O) groups excluding carboxylic acids is 1. The van der Waals surface area contributed by atoms with E-state index in [1.54, 1.807) is 38.3 Å². The first-order valence-electron chi connectivity index (χ1n) is 6.75. The number of methoxy groups -OCH3 is 1. The molecule has 0 unspecified atom stereocenters. The fourth-order valence-corrected chi connectivity index (χ4v) is 2.25. The van der Waals surface area contributed by atoms with E-state index in [2.05, 4.69) is 15.5 Å². The maximum atomic E-state index is 12.0. The predicted octanol–water partition coefficient (Wildman–Crippen LogP) is 0.902. The standard InChI is InChI=1S/C14H17N3O5S/c1-9(13-16-17-14(22-13)23(3,19)20)15-12(18)8-10-4-6-11(21-2)7-5-10/h4-7,9H,8H2,1-3H3,(H,15,18)/t9-/m0/s1. The first-order valence-corrected chi connectivity index (χ1v) is 8.64. The summed E-state index contributed by atoms with van der Waals surface area (Å²) < 4.78 is 32.7. The molecule has 0 bridgehead atoms. The van der Waals surface area contributed by atoms with Gasteiger partial charge in [-0.3, -0.25) is 4.79 Å². The Morgan fingerprint density at radius 2 is 1.96 bits per heavy atom. The maximum absolute atomic E-state index is 12.0. The van der Waals surface area contributed by atoms with Crippen LogP contribution in [0.4, 0.5) is 0 Å². The maximum Gasteiger partial charge on any atom is 0.335 e. The molecular formula is C14H17N3O5S.